The summed E-state index contributed by atoms with van der Waals surface area (Å²) in [5.41, 5.74) is 5.03. The lowest BCUT2D eigenvalue weighted by atomic mass is 10.1. The van der Waals surface area contributed by atoms with E-state index in [9.17, 15) is 4.79 Å². The molecule has 0 saturated carbocycles. The Morgan fingerprint density at radius 3 is 1.79 bits per heavy atom. The van der Waals surface area contributed by atoms with Gasteiger partial charge in [-0.1, -0.05) is 72.8 Å². The van der Waals surface area contributed by atoms with Crippen molar-refractivity contribution in [3.63, 3.8) is 0 Å². The largest absolute Gasteiger partial charge is 0.469 e. The lowest BCUT2D eigenvalue weighted by molar-refractivity contribution is -0.140. The van der Waals surface area contributed by atoms with Crippen LogP contribution < -0.4 is 4.90 Å². The molecule has 3 aromatic carbocycles. The molecule has 3 heteroatoms. The predicted molar refractivity (Wildman–Crippen MR) is 114 cm³/mol. The topological polar surface area (TPSA) is 29.5 Å². The zero-order valence-electron chi connectivity index (χ0n) is 16.4. The van der Waals surface area contributed by atoms with Crippen molar-refractivity contribution in [3.8, 4) is 0 Å². The molecule has 144 valence electrons. The van der Waals surface area contributed by atoms with Crippen molar-refractivity contribution in [1.82, 2.24) is 0 Å². The van der Waals surface area contributed by atoms with Crippen LogP contribution in [0.1, 0.15) is 29.5 Å². The normalized spacial score (nSPS) is 10.5. The van der Waals surface area contributed by atoms with Crippen molar-refractivity contribution < 1.29 is 9.53 Å². The first-order valence-electron chi connectivity index (χ1n) is 9.73. The minimum atomic E-state index is -0.145. The first-order valence-corrected chi connectivity index (χ1v) is 9.73. The maximum absolute atomic E-state index is 11.3. The molecule has 0 bridgehead atoms. The Morgan fingerprint density at radius 1 is 0.750 bits per heavy atom. The molecule has 28 heavy (non-hydrogen) atoms. The van der Waals surface area contributed by atoms with Gasteiger partial charge in [0.25, 0.3) is 0 Å². The molecular weight excluding hydrogens is 346 g/mol. The smallest absolute Gasteiger partial charge is 0.305 e. The van der Waals surface area contributed by atoms with Crippen LogP contribution in [0.25, 0.3) is 0 Å². The number of methoxy groups -OCH3 is 1. The maximum atomic E-state index is 11.3. The zero-order chi connectivity index (χ0) is 19.6. The predicted octanol–water partition coefficient (Wildman–Crippen LogP) is 5.39. The third-order valence-corrected chi connectivity index (χ3v) is 4.81. The fourth-order valence-electron chi connectivity index (χ4n) is 3.26. The van der Waals surface area contributed by atoms with Gasteiger partial charge in [0.1, 0.15) is 0 Å². The van der Waals surface area contributed by atoms with Gasteiger partial charge in [0.2, 0.25) is 0 Å². The number of hydrogen-bond donors (Lipinski definition) is 0. The molecule has 3 nitrogen and oxygen atoms in total. The molecule has 0 spiro atoms. The third-order valence-electron chi connectivity index (χ3n) is 4.81. The van der Waals surface area contributed by atoms with Gasteiger partial charge in [-0.2, -0.15) is 0 Å². The summed E-state index contributed by atoms with van der Waals surface area (Å²) in [5.74, 6) is -0.145. The molecule has 0 atom stereocenters. The first-order chi connectivity index (χ1) is 13.7. The van der Waals surface area contributed by atoms with Gasteiger partial charge in [-0.3, -0.25) is 4.79 Å². The van der Waals surface area contributed by atoms with E-state index in [2.05, 4.69) is 77.7 Å². The van der Waals surface area contributed by atoms with Crippen LogP contribution in [0.3, 0.4) is 0 Å². The maximum Gasteiger partial charge on any atom is 0.305 e. The molecule has 0 aliphatic heterocycles. The molecule has 0 amide bonds. The fraction of sp³-hybridized carbons (Fsp3) is 0.240. The van der Waals surface area contributed by atoms with Crippen LogP contribution in [0.2, 0.25) is 0 Å². The summed E-state index contributed by atoms with van der Waals surface area (Å²) in [6.07, 6.45) is 2.16. The molecule has 0 heterocycles. The van der Waals surface area contributed by atoms with Crippen LogP contribution in [0.5, 0.6) is 0 Å². The third kappa shape index (κ3) is 5.98. The number of carbonyl (C=O) groups is 1. The Balaban J connectivity index is 1.71. The number of esters is 1. The van der Waals surface area contributed by atoms with Crippen LogP contribution in [-0.4, -0.2) is 13.1 Å². The SMILES string of the molecule is COC(=O)CCCc1ccc(N(Cc2ccccc2)Cc2ccccc2)cc1. The molecule has 0 fully saturated rings. The summed E-state index contributed by atoms with van der Waals surface area (Å²) in [4.78, 5) is 13.7. The van der Waals surface area contributed by atoms with Gasteiger partial charge in [0, 0.05) is 25.2 Å². The van der Waals surface area contributed by atoms with Crippen molar-refractivity contribution in [2.24, 2.45) is 0 Å². The molecule has 0 aliphatic rings. The van der Waals surface area contributed by atoms with E-state index in [4.69, 9.17) is 4.74 Å². The summed E-state index contributed by atoms with van der Waals surface area (Å²) >= 11 is 0. The number of benzene rings is 3. The summed E-state index contributed by atoms with van der Waals surface area (Å²) in [6, 6.07) is 29.8. The quantitative estimate of drug-likeness (QED) is 0.471. The highest BCUT2D eigenvalue weighted by Gasteiger charge is 2.09. The van der Waals surface area contributed by atoms with Gasteiger partial charge in [-0.15, -0.1) is 0 Å². The van der Waals surface area contributed by atoms with E-state index < -0.39 is 0 Å². The van der Waals surface area contributed by atoms with E-state index in [0.29, 0.717) is 6.42 Å². The van der Waals surface area contributed by atoms with Gasteiger partial charge < -0.3 is 9.64 Å². The number of anilines is 1. The standard InChI is InChI=1S/C25H27NO2/c1-28-25(27)14-8-13-21-15-17-24(18-16-21)26(19-22-9-4-2-5-10-22)20-23-11-6-3-7-12-23/h2-7,9-12,15-18H,8,13-14,19-20H2,1H3. The molecule has 0 aliphatic carbocycles. The van der Waals surface area contributed by atoms with E-state index in [-0.39, 0.29) is 5.97 Å². The van der Waals surface area contributed by atoms with Crippen molar-refractivity contribution in [2.45, 2.75) is 32.4 Å². The molecule has 3 aromatic rings. The molecule has 0 unspecified atom stereocenters. The fourth-order valence-corrected chi connectivity index (χ4v) is 3.26. The van der Waals surface area contributed by atoms with Crippen LogP contribution in [0.4, 0.5) is 5.69 Å². The second kappa shape index (κ2) is 10.3. The van der Waals surface area contributed by atoms with E-state index in [0.717, 1.165) is 25.9 Å². The first kappa shape index (κ1) is 19.7. The molecule has 0 aromatic heterocycles. The lowest BCUT2D eigenvalue weighted by Crippen LogP contribution is -2.22. The molecule has 0 N–H and O–H groups in total. The highest BCUT2D eigenvalue weighted by atomic mass is 16.5. The van der Waals surface area contributed by atoms with Crippen molar-refractivity contribution in [2.75, 3.05) is 12.0 Å². The highest BCUT2D eigenvalue weighted by molar-refractivity contribution is 5.69. The van der Waals surface area contributed by atoms with E-state index in [1.807, 2.05) is 12.1 Å². The summed E-state index contributed by atoms with van der Waals surface area (Å²) in [5, 5.41) is 0. The Hall–Kier alpha value is -3.07. The van der Waals surface area contributed by atoms with Crippen molar-refractivity contribution in [3.05, 3.63) is 102 Å². The molecule has 3 rings (SSSR count). The minimum absolute atomic E-state index is 0.145. The van der Waals surface area contributed by atoms with E-state index in [1.165, 1.54) is 29.5 Å². The summed E-state index contributed by atoms with van der Waals surface area (Å²) in [6.45, 7) is 1.72. The number of nitrogens with zero attached hydrogens (tertiary/aromatic N) is 1. The van der Waals surface area contributed by atoms with Crippen LogP contribution in [-0.2, 0) is 29.0 Å². The average Bonchev–Trinajstić information content (AvgIpc) is 2.75. The van der Waals surface area contributed by atoms with E-state index in [1.54, 1.807) is 0 Å². The monoisotopic (exact) mass is 373 g/mol. The average molecular weight is 373 g/mol. The number of ether oxygens (including phenoxy) is 1. The summed E-state index contributed by atoms with van der Waals surface area (Å²) in [7, 11) is 1.44. The molecular formula is C25H27NO2. The molecule has 0 radical (unpaired) electrons. The Kier molecular flexibility index (Phi) is 7.25. The Morgan fingerprint density at radius 2 is 1.29 bits per heavy atom. The number of rotatable bonds is 9. The van der Waals surface area contributed by atoms with E-state index >= 15 is 0 Å². The lowest BCUT2D eigenvalue weighted by Gasteiger charge is -2.25. The van der Waals surface area contributed by atoms with Crippen LogP contribution in [0.15, 0.2) is 84.9 Å². The van der Waals surface area contributed by atoms with Crippen LogP contribution >= 0.6 is 0 Å². The second-order valence-electron chi connectivity index (χ2n) is 6.92. The van der Waals surface area contributed by atoms with Gasteiger partial charge in [0.05, 0.1) is 7.11 Å². The zero-order valence-corrected chi connectivity index (χ0v) is 16.4. The van der Waals surface area contributed by atoms with Crippen molar-refractivity contribution >= 4 is 11.7 Å². The number of hydrogen-bond acceptors (Lipinski definition) is 3. The summed E-state index contributed by atoms with van der Waals surface area (Å²) < 4.78 is 4.71. The van der Waals surface area contributed by atoms with Gasteiger partial charge in [0.15, 0.2) is 0 Å². The Bertz CT molecular complexity index is 803. The second-order valence-corrected chi connectivity index (χ2v) is 6.92. The van der Waals surface area contributed by atoms with Gasteiger partial charge in [-0.05, 0) is 41.7 Å². The Labute approximate surface area is 167 Å². The van der Waals surface area contributed by atoms with Gasteiger partial charge >= 0.3 is 5.97 Å². The number of aryl methyl sites for hydroxylation is 1. The van der Waals surface area contributed by atoms with Gasteiger partial charge in [-0.25, -0.2) is 0 Å². The minimum Gasteiger partial charge on any atom is -0.469 e. The highest BCUT2D eigenvalue weighted by Crippen LogP contribution is 2.21. The van der Waals surface area contributed by atoms with Crippen molar-refractivity contribution in [1.29, 1.82) is 0 Å². The van der Waals surface area contributed by atoms with Crippen LogP contribution in [0, 0.1) is 0 Å². The molecule has 0 saturated heterocycles. The number of carbonyl (C=O) groups excluding carboxylic acids is 1.